The minimum absolute atomic E-state index is 0.0339. The van der Waals surface area contributed by atoms with Gasteiger partial charge in [0.1, 0.15) is 12.4 Å². The number of nitrogens with zero attached hydrogens (tertiary/aromatic N) is 1. The Kier molecular flexibility index (Phi) is 4.80. The molecule has 2 atom stereocenters. The van der Waals surface area contributed by atoms with Crippen LogP contribution in [0.3, 0.4) is 0 Å². The van der Waals surface area contributed by atoms with Gasteiger partial charge in [0.15, 0.2) is 0 Å². The average Bonchev–Trinajstić information content (AvgIpc) is 2.77. The molecule has 19 heavy (non-hydrogen) atoms. The second kappa shape index (κ2) is 6.58. The van der Waals surface area contributed by atoms with Gasteiger partial charge >= 0.3 is 0 Å². The summed E-state index contributed by atoms with van der Waals surface area (Å²) in [5.74, 6) is 3.35. The normalized spacial score (nSPS) is 23.2. The van der Waals surface area contributed by atoms with Gasteiger partial charge in [-0.05, 0) is 17.7 Å². The van der Waals surface area contributed by atoms with Crippen LogP contribution in [0.15, 0.2) is 24.3 Å². The monoisotopic (exact) mass is 260 g/mol. The highest BCUT2D eigenvalue weighted by atomic mass is 16.5. The van der Waals surface area contributed by atoms with Crippen LogP contribution in [0.5, 0.6) is 5.75 Å². The Morgan fingerprint density at radius 2 is 2.11 bits per heavy atom. The lowest BCUT2D eigenvalue weighted by Crippen LogP contribution is -2.35. The minimum Gasteiger partial charge on any atom is -0.497 e. The number of benzene rings is 1. The van der Waals surface area contributed by atoms with Gasteiger partial charge in [-0.1, -0.05) is 18.1 Å². The van der Waals surface area contributed by atoms with Gasteiger partial charge in [-0.2, -0.15) is 0 Å². The Bertz CT molecular complexity index is 438. The first-order chi connectivity index (χ1) is 9.22. The van der Waals surface area contributed by atoms with Crippen LogP contribution in [0.25, 0.3) is 0 Å². The predicted molar refractivity (Wildman–Crippen MR) is 74.8 cm³/mol. The molecule has 4 heteroatoms. The molecular weight excluding hydrogens is 240 g/mol. The van der Waals surface area contributed by atoms with Crippen LogP contribution in [-0.2, 0) is 11.3 Å². The molecule has 102 valence electrons. The summed E-state index contributed by atoms with van der Waals surface area (Å²) in [4.78, 5) is 2.29. The van der Waals surface area contributed by atoms with E-state index in [1.54, 1.807) is 7.11 Å². The van der Waals surface area contributed by atoms with E-state index in [2.05, 4.69) is 23.0 Å². The van der Waals surface area contributed by atoms with E-state index in [0.29, 0.717) is 6.61 Å². The van der Waals surface area contributed by atoms with Crippen molar-refractivity contribution in [2.24, 2.45) is 5.73 Å². The fourth-order valence-electron chi connectivity index (χ4n) is 2.33. The van der Waals surface area contributed by atoms with E-state index >= 15 is 0 Å². The van der Waals surface area contributed by atoms with Crippen LogP contribution in [0.2, 0.25) is 0 Å². The fourth-order valence-corrected chi connectivity index (χ4v) is 2.33. The van der Waals surface area contributed by atoms with E-state index in [4.69, 9.17) is 21.6 Å². The number of likely N-dealkylation sites (tertiary alicyclic amines) is 1. The highest BCUT2D eigenvalue weighted by Gasteiger charge is 2.30. The summed E-state index contributed by atoms with van der Waals surface area (Å²) in [6, 6.07) is 8.11. The van der Waals surface area contributed by atoms with Crippen molar-refractivity contribution < 1.29 is 9.47 Å². The number of ether oxygens (including phenoxy) is 2. The van der Waals surface area contributed by atoms with Gasteiger partial charge in [-0.25, -0.2) is 0 Å². The molecule has 0 bridgehead atoms. The largest absolute Gasteiger partial charge is 0.497 e. The third kappa shape index (κ3) is 3.71. The van der Waals surface area contributed by atoms with Gasteiger partial charge in [0.25, 0.3) is 0 Å². The molecule has 1 aromatic carbocycles. The first-order valence-electron chi connectivity index (χ1n) is 6.39. The zero-order chi connectivity index (χ0) is 13.7. The standard InChI is InChI=1S/C15H20N2O2/c1-3-8-19-15-11-17(10-14(15)16)9-12-4-6-13(18-2)7-5-12/h1,4-7,14-15H,8-11,16H2,2H3/t14-,15-/m1/s1. The van der Waals surface area contributed by atoms with Crippen molar-refractivity contribution in [2.45, 2.75) is 18.7 Å². The average molecular weight is 260 g/mol. The van der Waals surface area contributed by atoms with Crippen molar-refractivity contribution in [1.82, 2.24) is 4.90 Å². The molecule has 0 aliphatic carbocycles. The summed E-state index contributed by atoms with van der Waals surface area (Å²) >= 11 is 0. The first-order valence-corrected chi connectivity index (χ1v) is 6.39. The Balaban J connectivity index is 1.88. The Morgan fingerprint density at radius 3 is 2.74 bits per heavy atom. The van der Waals surface area contributed by atoms with Crippen molar-refractivity contribution in [3.05, 3.63) is 29.8 Å². The topological polar surface area (TPSA) is 47.7 Å². The summed E-state index contributed by atoms with van der Waals surface area (Å²) in [6.45, 7) is 2.86. The highest BCUT2D eigenvalue weighted by molar-refractivity contribution is 5.27. The number of methoxy groups -OCH3 is 1. The molecule has 2 rings (SSSR count). The quantitative estimate of drug-likeness (QED) is 0.798. The number of hydrogen-bond acceptors (Lipinski definition) is 4. The van der Waals surface area contributed by atoms with Crippen molar-refractivity contribution in [1.29, 1.82) is 0 Å². The molecular formula is C15H20N2O2. The molecule has 4 nitrogen and oxygen atoms in total. The van der Waals surface area contributed by atoms with Crippen molar-refractivity contribution in [3.8, 4) is 18.1 Å². The lowest BCUT2D eigenvalue weighted by molar-refractivity contribution is 0.0742. The molecule has 0 unspecified atom stereocenters. The highest BCUT2D eigenvalue weighted by Crippen LogP contribution is 2.17. The maximum absolute atomic E-state index is 6.05. The lowest BCUT2D eigenvalue weighted by atomic mass is 10.2. The SMILES string of the molecule is C#CCO[C@@H]1CN(Cc2ccc(OC)cc2)C[C@H]1N. The Labute approximate surface area is 114 Å². The molecule has 2 N–H and O–H groups in total. The van der Waals surface area contributed by atoms with Gasteiger partial charge in [0, 0.05) is 25.7 Å². The summed E-state index contributed by atoms with van der Waals surface area (Å²) in [5, 5.41) is 0. The fraction of sp³-hybridized carbons (Fsp3) is 0.467. The van der Waals surface area contributed by atoms with Gasteiger partial charge in [-0.3, -0.25) is 4.90 Å². The van der Waals surface area contributed by atoms with E-state index in [1.807, 2.05) is 12.1 Å². The zero-order valence-electron chi connectivity index (χ0n) is 11.2. The van der Waals surface area contributed by atoms with Crippen molar-refractivity contribution >= 4 is 0 Å². The van der Waals surface area contributed by atoms with Crippen LogP contribution < -0.4 is 10.5 Å². The van der Waals surface area contributed by atoms with Crippen LogP contribution in [0, 0.1) is 12.3 Å². The maximum atomic E-state index is 6.05. The van der Waals surface area contributed by atoms with Gasteiger partial charge in [0.2, 0.25) is 0 Å². The third-order valence-corrected chi connectivity index (χ3v) is 3.33. The van der Waals surface area contributed by atoms with Crippen molar-refractivity contribution in [2.75, 3.05) is 26.8 Å². The molecule has 0 radical (unpaired) electrons. The van der Waals surface area contributed by atoms with Crippen LogP contribution in [0.1, 0.15) is 5.56 Å². The third-order valence-electron chi connectivity index (χ3n) is 3.33. The first kappa shape index (κ1) is 13.9. The predicted octanol–water partition coefficient (Wildman–Crippen LogP) is 0.856. The van der Waals surface area contributed by atoms with Gasteiger partial charge in [0.05, 0.1) is 13.2 Å². The Hall–Kier alpha value is -1.54. The molecule has 0 saturated carbocycles. The molecule has 1 aromatic rings. The number of terminal acetylenes is 1. The van der Waals surface area contributed by atoms with E-state index in [1.165, 1.54) is 5.56 Å². The summed E-state index contributed by atoms with van der Waals surface area (Å²) in [7, 11) is 1.67. The number of nitrogens with two attached hydrogens (primary N) is 1. The molecule has 1 heterocycles. The van der Waals surface area contributed by atoms with Crippen LogP contribution in [-0.4, -0.2) is 43.9 Å². The molecule has 1 aliphatic heterocycles. The van der Waals surface area contributed by atoms with Crippen molar-refractivity contribution in [3.63, 3.8) is 0 Å². The van der Waals surface area contributed by atoms with Crippen LogP contribution in [0.4, 0.5) is 0 Å². The van der Waals surface area contributed by atoms with Gasteiger partial charge in [-0.15, -0.1) is 6.42 Å². The number of hydrogen-bond donors (Lipinski definition) is 1. The zero-order valence-corrected chi connectivity index (χ0v) is 11.2. The number of rotatable bonds is 5. The second-order valence-electron chi connectivity index (χ2n) is 4.76. The van der Waals surface area contributed by atoms with Crippen LogP contribution >= 0.6 is 0 Å². The molecule has 1 saturated heterocycles. The van der Waals surface area contributed by atoms with Gasteiger partial charge < -0.3 is 15.2 Å². The summed E-state index contributed by atoms with van der Waals surface area (Å²) < 4.78 is 10.7. The Morgan fingerprint density at radius 1 is 1.37 bits per heavy atom. The van der Waals surface area contributed by atoms with E-state index in [-0.39, 0.29) is 12.1 Å². The maximum Gasteiger partial charge on any atom is 0.118 e. The van der Waals surface area contributed by atoms with E-state index < -0.39 is 0 Å². The molecule has 1 aliphatic rings. The molecule has 0 aromatic heterocycles. The van der Waals surface area contributed by atoms with E-state index in [9.17, 15) is 0 Å². The lowest BCUT2D eigenvalue weighted by Gasteiger charge is -2.15. The molecule has 0 spiro atoms. The van der Waals surface area contributed by atoms with E-state index in [0.717, 1.165) is 25.4 Å². The second-order valence-corrected chi connectivity index (χ2v) is 4.76. The molecule has 1 fully saturated rings. The summed E-state index contributed by atoms with van der Waals surface area (Å²) in [6.07, 6.45) is 5.23. The molecule has 0 amide bonds. The smallest absolute Gasteiger partial charge is 0.118 e. The minimum atomic E-state index is 0.0339. The summed E-state index contributed by atoms with van der Waals surface area (Å²) in [5.41, 5.74) is 7.30.